The Kier molecular flexibility index (Phi) is 4.99. The number of fused-ring (bicyclic) bond motifs is 1. The lowest BCUT2D eigenvalue weighted by Gasteiger charge is -2.44. The normalized spacial score (nSPS) is 27.4. The van der Waals surface area contributed by atoms with E-state index >= 15 is 0 Å². The van der Waals surface area contributed by atoms with Crippen molar-refractivity contribution in [3.8, 4) is 0 Å². The highest BCUT2D eigenvalue weighted by molar-refractivity contribution is 7.97. The van der Waals surface area contributed by atoms with Crippen molar-refractivity contribution in [3.05, 3.63) is 11.7 Å². The van der Waals surface area contributed by atoms with E-state index in [1.165, 1.54) is 51.6 Å². The first kappa shape index (κ1) is 14.4. The third-order valence-electron chi connectivity index (χ3n) is 4.74. The predicted molar refractivity (Wildman–Crippen MR) is 81.8 cm³/mol. The molecule has 0 saturated carbocycles. The fourth-order valence-corrected chi connectivity index (χ4v) is 4.18. The van der Waals surface area contributed by atoms with Gasteiger partial charge in [0, 0.05) is 12.5 Å². The number of nitrogens with zero attached hydrogens (tertiary/aromatic N) is 3. The van der Waals surface area contributed by atoms with Crippen LogP contribution in [0.3, 0.4) is 0 Å². The highest BCUT2D eigenvalue weighted by atomic mass is 32.2. The second kappa shape index (κ2) is 6.94. The van der Waals surface area contributed by atoms with Gasteiger partial charge < -0.3 is 9.42 Å². The van der Waals surface area contributed by atoms with Crippen LogP contribution in [0.15, 0.2) is 4.52 Å². The molecular formula is C15H25N3OS. The average molecular weight is 295 g/mol. The number of thioether (sulfide) groups is 1. The molecule has 112 valence electrons. The van der Waals surface area contributed by atoms with Gasteiger partial charge in [-0.2, -0.15) is 16.7 Å². The van der Waals surface area contributed by atoms with E-state index in [4.69, 9.17) is 4.52 Å². The molecule has 0 radical (unpaired) electrons. The highest BCUT2D eigenvalue weighted by Gasteiger charge is 2.32. The summed E-state index contributed by atoms with van der Waals surface area (Å²) < 4.78 is 5.36. The Balaban J connectivity index is 1.53. The van der Waals surface area contributed by atoms with E-state index in [-0.39, 0.29) is 0 Å². The quantitative estimate of drug-likeness (QED) is 0.835. The summed E-state index contributed by atoms with van der Waals surface area (Å²) in [6, 6.07) is 0.825. The first-order valence-corrected chi connectivity index (χ1v) is 9.30. The molecule has 0 spiro atoms. The van der Waals surface area contributed by atoms with Gasteiger partial charge in [0.15, 0.2) is 5.82 Å². The lowest BCUT2D eigenvalue weighted by molar-refractivity contribution is 0.0551. The number of aromatic nitrogens is 2. The van der Waals surface area contributed by atoms with Crippen molar-refractivity contribution in [1.82, 2.24) is 15.0 Å². The van der Waals surface area contributed by atoms with E-state index in [0.29, 0.717) is 0 Å². The minimum atomic E-state index is 0.825. The molecule has 3 heterocycles. The number of piperidine rings is 2. The Morgan fingerprint density at radius 2 is 2.15 bits per heavy atom. The van der Waals surface area contributed by atoms with Crippen LogP contribution < -0.4 is 0 Å². The smallest absolute Gasteiger partial charge is 0.226 e. The van der Waals surface area contributed by atoms with Gasteiger partial charge in [-0.25, -0.2) is 0 Å². The molecule has 2 aliphatic rings. The fourth-order valence-electron chi connectivity index (χ4n) is 3.80. The van der Waals surface area contributed by atoms with Gasteiger partial charge in [-0.3, -0.25) is 0 Å². The maximum atomic E-state index is 5.36. The van der Waals surface area contributed by atoms with Crippen LogP contribution in [-0.4, -0.2) is 40.4 Å². The zero-order valence-electron chi connectivity index (χ0n) is 12.4. The molecular weight excluding hydrogens is 270 g/mol. The van der Waals surface area contributed by atoms with Crippen molar-refractivity contribution < 1.29 is 4.52 Å². The molecule has 2 saturated heterocycles. The zero-order valence-corrected chi connectivity index (χ0v) is 13.2. The van der Waals surface area contributed by atoms with Gasteiger partial charge in [0.25, 0.3) is 0 Å². The Morgan fingerprint density at radius 1 is 1.25 bits per heavy atom. The second-order valence-corrected chi connectivity index (χ2v) is 6.94. The van der Waals surface area contributed by atoms with E-state index in [9.17, 15) is 0 Å². The molecule has 0 aliphatic carbocycles. The summed E-state index contributed by atoms with van der Waals surface area (Å²) in [6.45, 7) is 2.64. The Labute approximate surface area is 125 Å². The fraction of sp³-hybridized carbons (Fsp3) is 0.867. The highest BCUT2D eigenvalue weighted by Crippen LogP contribution is 2.33. The average Bonchev–Trinajstić information content (AvgIpc) is 2.93. The Hall–Kier alpha value is -0.550. The summed E-state index contributed by atoms with van der Waals surface area (Å²) in [7, 11) is 0. The maximum Gasteiger partial charge on any atom is 0.226 e. The third-order valence-corrected chi connectivity index (χ3v) is 5.29. The summed E-state index contributed by atoms with van der Waals surface area (Å²) in [5.41, 5.74) is 0. The first-order chi connectivity index (χ1) is 9.86. The van der Waals surface area contributed by atoms with Crippen molar-refractivity contribution in [2.45, 2.75) is 56.7 Å². The minimum absolute atomic E-state index is 0.825. The van der Waals surface area contributed by atoms with Crippen molar-refractivity contribution in [2.24, 2.45) is 5.92 Å². The van der Waals surface area contributed by atoms with E-state index in [1.807, 2.05) is 0 Å². The molecule has 3 rings (SSSR count). The molecule has 20 heavy (non-hydrogen) atoms. The molecule has 0 amide bonds. The predicted octanol–water partition coefficient (Wildman–Crippen LogP) is 3.13. The van der Waals surface area contributed by atoms with Gasteiger partial charge in [-0.05, 0) is 57.4 Å². The summed E-state index contributed by atoms with van der Waals surface area (Å²) in [4.78, 5) is 7.20. The van der Waals surface area contributed by atoms with Crippen LogP contribution >= 0.6 is 11.8 Å². The van der Waals surface area contributed by atoms with Crippen LogP contribution in [0.25, 0.3) is 0 Å². The first-order valence-electron chi connectivity index (χ1n) is 7.91. The molecule has 0 N–H and O–H groups in total. The van der Waals surface area contributed by atoms with Gasteiger partial charge in [-0.1, -0.05) is 11.6 Å². The molecule has 2 fully saturated rings. The Bertz CT molecular complexity index is 421. The number of aryl methyl sites for hydroxylation is 1. The topological polar surface area (TPSA) is 42.2 Å². The molecule has 2 aliphatic heterocycles. The molecule has 0 bridgehead atoms. The van der Waals surface area contributed by atoms with Crippen LogP contribution in [0.2, 0.25) is 0 Å². The van der Waals surface area contributed by atoms with E-state index in [1.54, 1.807) is 11.8 Å². The van der Waals surface area contributed by atoms with E-state index in [0.717, 1.165) is 35.8 Å². The number of hydrogen-bond donors (Lipinski definition) is 0. The molecule has 0 unspecified atom stereocenters. The van der Waals surface area contributed by atoms with Crippen LogP contribution in [0.1, 0.15) is 50.2 Å². The number of hydrogen-bond acceptors (Lipinski definition) is 5. The molecule has 2 atom stereocenters. The second-order valence-electron chi connectivity index (χ2n) is 6.08. The molecule has 0 aromatic carbocycles. The standard InChI is InChI=1S/C15H25N3OS/c1-20-11-14-16-15(19-17-14)8-7-12-5-4-10-18-9-3-2-6-13(12)18/h12-13H,2-11H2,1H3/t12-,13+/m0/s1. The van der Waals surface area contributed by atoms with Gasteiger partial charge in [0.1, 0.15) is 0 Å². The SMILES string of the molecule is CSCc1noc(CC[C@@H]2CCCN3CCCC[C@H]23)n1. The van der Waals surface area contributed by atoms with Gasteiger partial charge in [0.05, 0.1) is 5.75 Å². The van der Waals surface area contributed by atoms with E-state index in [2.05, 4.69) is 21.3 Å². The lowest BCUT2D eigenvalue weighted by atomic mass is 9.81. The largest absolute Gasteiger partial charge is 0.339 e. The third kappa shape index (κ3) is 3.37. The molecule has 5 heteroatoms. The van der Waals surface area contributed by atoms with E-state index < -0.39 is 0 Å². The summed E-state index contributed by atoms with van der Waals surface area (Å²) in [6.07, 6.45) is 11.2. The molecule has 1 aromatic rings. The Morgan fingerprint density at radius 3 is 3.05 bits per heavy atom. The molecule has 1 aromatic heterocycles. The van der Waals surface area contributed by atoms with Crippen molar-refractivity contribution in [3.63, 3.8) is 0 Å². The maximum absolute atomic E-state index is 5.36. The van der Waals surface area contributed by atoms with Gasteiger partial charge >= 0.3 is 0 Å². The van der Waals surface area contributed by atoms with Gasteiger partial charge in [0.2, 0.25) is 5.89 Å². The molecule has 4 nitrogen and oxygen atoms in total. The van der Waals surface area contributed by atoms with Crippen molar-refractivity contribution >= 4 is 11.8 Å². The van der Waals surface area contributed by atoms with Crippen molar-refractivity contribution in [2.75, 3.05) is 19.3 Å². The summed E-state index contributed by atoms with van der Waals surface area (Å²) in [5, 5.41) is 4.03. The van der Waals surface area contributed by atoms with Crippen LogP contribution in [0.5, 0.6) is 0 Å². The minimum Gasteiger partial charge on any atom is -0.339 e. The van der Waals surface area contributed by atoms with Crippen LogP contribution in [-0.2, 0) is 12.2 Å². The van der Waals surface area contributed by atoms with Crippen LogP contribution in [0, 0.1) is 5.92 Å². The zero-order chi connectivity index (χ0) is 13.8. The lowest BCUT2D eigenvalue weighted by Crippen LogP contribution is -2.48. The van der Waals surface area contributed by atoms with Crippen LogP contribution in [0.4, 0.5) is 0 Å². The van der Waals surface area contributed by atoms with Gasteiger partial charge in [-0.15, -0.1) is 0 Å². The summed E-state index contributed by atoms with van der Waals surface area (Å²) >= 11 is 1.74. The summed E-state index contributed by atoms with van der Waals surface area (Å²) in [5.74, 6) is 3.36. The van der Waals surface area contributed by atoms with Crippen molar-refractivity contribution in [1.29, 1.82) is 0 Å². The number of rotatable bonds is 5. The monoisotopic (exact) mass is 295 g/mol.